The molecule has 0 amide bonds. The third-order valence-corrected chi connectivity index (χ3v) is 4.76. The van der Waals surface area contributed by atoms with Gasteiger partial charge in [0.15, 0.2) is 0 Å². The Kier molecular flexibility index (Phi) is 4.64. The lowest BCUT2D eigenvalue weighted by Crippen LogP contribution is -2.40. The van der Waals surface area contributed by atoms with Crippen molar-refractivity contribution < 1.29 is 9.66 Å². The molecule has 126 valence electrons. The van der Waals surface area contributed by atoms with Gasteiger partial charge in [0, 0.05) is 47.9 Å². The molecular weight excluding hydrogens is 326 g/mol. The van der Waals surface area contributed by atoms with Crippen molar-refractivity contribution in [2.75, 3.05) is 26.3 Å². The van der Waals surface area contributed by atoms with E-state index in [1.165, 1.54) is 12.1 Å². The predicted octanol–water partition coefficient (Wildman–Crippen LogP) is 3.01. The van der Waals surface area contributed by atoms with Crippen molar-refractivity contribution in [3.05, 3.63) is 57.4 Å². The van der Waals surface area contributed by atoms with E-state index < -0.39 is 4.92 Å². The van der Waals surface area contributed by atoms with Crippen molar-refractivity contribution in [1.29, 1.82) is 0 Å². The first-order valence-electron chi connectivity index (χ1n) is 7.80. The molecule has 6 nitrogen and oxygen atoms in total. The number of morpholine rings is 1. The van der Waals surface area contributed by atoms with Crippen LogP contribution >= 0.6 is 12.2 Å². The van der Waals surface area contributed by atoms with Crippen molar-refractivity contribution in [3.8, 4) is 5.69 Å². The number of nitro groups is 1. The number of nitro benzene ring substituents is 1. The van der Waals surface area contributed by atoms with Crippen LogP contribution < -0.4 is 0 Å². The highest BCUT2D eigenvalue weighted by Gasteiger charge is 2.20. The molecule has 1 aromatic heterocycles. The molecule has 3 rings (SSSR count). The zero-order valence-electron chi connectivity index (χ0n) is 13.7. The molecule has 7 heteroatoms. The number of non-ortho nitro benzene ring substituents is 1. The highest BCUT2D eigenvalue weighted by atomic mass is 32.1. The second-order valence-corrected chi connectivity index (χ2v) is 6.18. The van der Waals surface area contributed by atoms with Gasteiger partial charge >= 0.3 is 0 Å². The second kappa shape index (κ2) is 6.70. The van der Waals surface area contributed by atoms with Gasteiger partial charge in [-0.1, -0.05) is 12.2 Å². The SMILES string of the molecule is Cc1cc(C(=S)N2CCOCC2)c(C)n1-c1ccc([N+](=O)[O-])cc1. The molecule has 0 saturated carbocycles. The smallest absolute Gasteiger partial charge is 0.269 e. The van der Waals surface area contributed by atoms with Gasteiger partial charge in [-0.15, -0.1) is 0 Å². The van der Waals surface area contributed by atoms with E-state index >= 15 is 0 Å². The number of hydrogen-bond donors (Lipinski definition) is 0. The van der Waals surface area contributed by atoms with E-state index in [-0.39, 0.29) is 5.69 Å². The van der Waals surface area contributed by atoms with E-state index in [9.17, 15) is 10.1 Å². The molecule has 2 heterocycles. The molecule has 0 bridgehead atoms. The number of hydrogen-bond acceptors (Lipinski definition) is 4. The molecule has 0 unspecified atom stereocenters. The number of benzene rings is 1. The lowest BCUT2D eigenvalue weighted by atomic mass is 10.2. The van der Waals surface area contributed by atoms with Crippen LogP contribution in [-0.2, 0) is 4.74 Å². The van der Waals surface area contributed by atoms with Crippen LogP contribution in [0.2, 0.25) is 0 Å². The maximum absolute atomic E-state index is 10.8. The van der Waals surface area contributed by atoms with Crippen LogP contribution in [0, 0.1) is 24.0 Å². The maximum atomic E-state index is 10.8. The minimum atomic E-state index is -0.391. The van der Waals surface area contributed by atoms with Crippen molar-refractivity contribution >= 4 is 22.9 Å². The molecule has 1 aromatic carbocycles. The molecule has 1 saturated heterocycles. The zero-order chi connectivity index (χ0) is 17.3. The molecule has 0 N–H and O–H groups in total. The Morgan fingerprint density at radius 2 is 1.83 bits per heavy atom. The number of ether oxygens (including phenoxy) is 1. The van der Waals surface area contributed by atoms with Crippen LogP contribution in [0.3, 0.4) is 0 Å². The van der Waals surface area contributed by atoms with E-state index in [1.807, 2.05) is 13.8 Å². The molecule has 24 heavy (non-hydrogen) atoms. The summed E-state index contributed by atoms with van der Waals surface area (Å²) in [6.45, 7) is 7.04. The minimum Gasteiger partial charge on any atom is -0.378 e. The molecule has 0 spiro atoms. The summed E-state index contributed by atoms with van der Waals surface area (Å²) in [5.74, 6) is 0. The minimum absolute atomic E-state index is 0.0882. The molecule has 1 aliphatic heterocycles. The zero-order valence-corrected chi connectivity index (χ0v) is 14.5. The third-order valence-electron chi connectivity index (χ3n) is 4.28. The molecular formula is C17H19N3O3S. The number of nitrogens with zero attached hydrogens (tertiary/aromatic N) is 3. The van der Waals surface area contributed by atoms with Crippen molar-refractivity contribution in [2.45, 2.75) is 13.8 Å². The van der Waals surface area contributed by atoms with E-state index in [2.05, 4.69) is 15.5 Å². The lowest BCUT2D eigenvalue weighted by molar-refractivity contribution is -0.384. The van der Waals surface area contributed by atoms with E-state index in [0.29, 0.717) is 13.2 Å². The molecule has 1 aliphatic rings. The van der Waals surface area contributed by atoms with Crippen LogP contribution in [0.1, 0.15) is 17.0 Å². The summed E-state index contributed by atoms with van der Waals surface area (Å²) >= 11 is 5.67. The number of thiocarbonyl (C=S) groups is 1. The number of aromatic nitrogens is 1. The summed E-state index contributed by atoms with van der Waals surface area (Å²) in [6, 6.07) is 8.65. The molecule has 1 fully saturated rings. The summed E-state index contributed by atoms with van der Waals surface area (Å²) in [7, 11) is 0. The van der Waals surface area contributed by atoms with Crippen LogP contribution in [-0.4, -0.2) is 45.7 Å². The Morgan fingerprint density at radius 1 is 1.21 bits per heavy atom. The fourth-order valence-corrected chi connectivity index (χ4v) is 3.43. The highest BCUT2D eigenvalue weighted by molar-refractivity contribution is 7.80. The average Bonchev–Trinajstić information content (AvgIpc) is 2.89. The Labute approximate surface area is 145 Å². The summed E-state index contributed by atoms with van der Waals surface area (Å²) in [6.07, 6.45) is 0. The summed E-state index contributed by atoms with van der Waals surface area (Å²) < 4.78 is 7.46. The van der Waals surface area contributed by atoms with Crippen molar-refractivity contribution in [3.63, 3.8) is 0 Å². The fourth-order valence-electron chi connectivity index (χ4n) is 3.04. The Bertz CT molecular complexity index is 777. The normalized spacial score (nSPS) is 14.7. The summed E-state index contributed by atoms with van der Waals surface area (Å²) in [5.41, 5.74) is 4.10. The van der Waals surface area contributed by atoms with E-state index in [4.69, 9.17) is 17.0 Å². The van der Waals surface area contributed by atoms with Gasteiger partial charge in [-0.2, -0.15) is 0 Å². The maximum Gasteiger partial charge on any atom is 0.269 e. The third kappa shape index (κ3) is 3.05. The number of aryl methyl sites for hydroxylation is 1. The first-order valence-corrected chi connectivity index (χ1v) is 8.20. The first kappa shape index (κ1) is 16.6. The average molecular weight is 345 g/mol. The van der Waals surface area contributed by atoms with Crippen LogP contribution in [0.5, 0.6) is 0 Å². The molecule has 0 radical (unpaired) electrons. The van der Waals surface area contributed by atoms with Gasteiger partial charge < -0.3 is 14.2 Å². The fraction of sp³-hybridized carbons (Fsp3) is 0.353. The number of rotatable bonds is 3. The predicted molar refractivity (Wildman–Crippen MR) is 96.0 cm³/mol. The topological polar surface area (TPSA) is 60.5 Å². The van der Waals surface area contributed by atoms with Gasteiger partial charge in [0.1, 0.15) is 4.99 Å². The Morgan fingerprint density at radius 3 is 2.42 bits per heavy atom. The van der Waals surface area contributed by atoms with Gasteiger partial charge in [-0.3, -0.25) is 10.1 Å². The van der Waals surface area contributed by atoms with Crippen LogP contribution in [0.4, 0.5) is 5.69 Å². The summed E-state index contributed by atoms with van der Waals surface area (Å²) in [4.78, 5) is 13.4. The summed E-state index contributed by atoms with van der Waals surface area (Å²) in [5, 5.41) is 10.8. The van der Waals surface area contributed by atoms with Gasteiger partial charge in [0.05, 0.1) is 18.1 Å². The van der Waals surface area contributed by atoms with Gasteiger partial charge in [-0.25, -0.2) is 0 Å². The second-order valence-electron chi connectivity index (χ2n) is 5.80. The van der Waals surface area contributed by atoms with Crippen molar-refractivity contribution in [1.82, 2.24) is 9.47 Å². The van der Waals surface area contributed by atoms with Gasteiger partial charge in [0.2, 0.25) is 0 Å². The van der Waals surface area contributed by atoms with Gasteiger partial charge in [-0.05, 0) is 32.0 Å². The monoisotopic (exact) mass is 345 g/mol. The quantitative estimate of drug-likeness (QED) is 0.486. The molecule has 0 atom stereocenters. The van der Waals surface area contributed by atoms with E-state index in [0.717, 1.165) is 40.7 Å². The van der Waals surface area contributed by atoms with E-state index in [1.54, 1.807) is 12.1 Å². The Hall–Kier alpha value is -2.25. The largest absolute Gasteiger partial charge is 0.378 e. The molecule has 0 aliphatic carbocycles. The highest BCUT2D eigenvalue weighted by Crippen LogP contribution is 2.24. The lowest BCUT2D eigenvalue weighted by Gasteiger charge is -2.29. The standard InChI is InChI=1S/C17H19N3O3S/c1-12-11-16(17(24)18-7-9-23-10-8-18)13(2)19(12)14-3-5-15(6-4-14)20(21)22/h3-6,11H,7-10H2,1-2H3. The van der Waals surface area contributed by atoms with Crippen LogP contribution in [0.25, 0.3) is 5.69 Å². The molecule has 2 aromatic rings. The van der Waals surface area contributed by atoms with Crippen molar-refractivity contribution in [2.24, 2.45) is 0 Å². The van der Waals surface area contributed by atoms with Crippen LogP contribution in [0.15, 0.2) is 30.3 Å². The van der Waals surface area contributed by atoms with Gasteiger partial charge in [0.25, 0.3) is 5.69 Å². The Balaban J connectivity index is 1.94. The first-order chi connectivity index (χ1) is 11.5.